The largest absolute Gasteiger partial charge is 0.350 e. The average molecular weight is 372 g/mol. The van der Waals surface area contributed by atoms with Crippen molar-refractivity contribution in [1.29, 1.82) is 0 Å². The quantitative estimate of drug-likeness (QED) is 0.819. The minimum Gasteiger partial charge on any atom is -0.350 e. The van der Waals surface area contributed by atoms with Gasteiger partial charge in [0, 0.05) is 19.0 Å². The highest BCUT2D eigenvalue weighted by atomic mass is 35.5. The van der Waals surface area contributed by atoms with Crippen LogP contribution in [0.3, 0.4) is 0 Å². The maximum absolute atomic E-state index is 12.6. The third-order valence-corrected chi connectivity index (χ3v) is 7.43. The number of rotatable bonds is 3. The number of ether oxygens (including phenoxy) is 2. The van der Waals surface area contributed by atoms with E-state index in [1.54, 1.807) is 0 Å². The van der Waals surface area contributed by atoms with E-state index in [0.717, 1.165) is 24.2 Å². The second-order valence-corrected chi connectivity index (χ2v) is 9.23. The molecule has 3 rings (SSSR count). The van der Waals surface area contributed by atoms with Crippen molar-refractivity contribution in [3.05, 3.63) is 14.7 Å². The zero-order valence-corrected chi connectivity index (χ0v) is 14.3. The van der Waals surface area contributed by atoms with Crippen LogP contribution in [-0.4, -0.2) is 45.3 Å². The fourth-order valence-electron chi connectivity index (χ4n) is 2.68. The van der Waals surface area contributed by atoms with E-state index in [2.05, 4.69) is 0 Å². The van der Waals surface area contributed by atoms with Crippen LogP contribution in [-0.2, 0) is 19.5 Å². The maximum atomic E-state index is 12.6. The lowest BCUT2D eigenvalue weighted by Gasteiger charge is -2.32. The van der Waals surface area contributed by atoms with Crippen molar-refractivity contribution in [3.63, 3.8) is 0 Å². The third kappa shape index (κ3) is 3.24. The van der Waals surface area contributed by atoms with Gasteiger partial charge in [-0.15, -0.1) is 11.3 Å². The first-order chi connectivity index (χ1) is 9.98. The van der Waals surface area contributed by atoms with Crippen molar-refractivity contribution in [1.82, 2.24) is 4.31 Å². The number of hydrogen-bond acceptors (Lipinski definition) is 5. The molecule has 3 heterocycles. The van der Waals surface area contributed by atoms with E-state index >= 15 is 0 Å². The monoisotopic (exact) mass is 371 g/mol. The topological polar surface area (TPSA) is 55.8 Å². The summed E-state index contributed by atoms with van der Waals surface area (Å²) in [6.07, 6.45) is 1.26. The number of halogens is 2. The van der Waals surface area contributed by atoms with E-state index < -0.39 is 10.0 Å². The van der Waals surface area contributed by atoms with Gasteiger partial charge in [-0.05, 0) is 18.9 Å². The molecule has 2 fully saturated rings. The van der Waals surface area contributed by atoms with Crippen LogP contribution in [0.1, 0.15) is 12.8 Å². The van der Waals surface area contributed by atoms with Gasteiger partial charge in [-0.1, -0.05) is 23.2 Å². The van der Waals surface area contributed by atoms with Crippen LogP contribution in [0.2, 0.25) is 8.67 Å². The molecule has 1 aromatic heterocycles. The first-order valence-electron chi connectivity index (χ1n) is 6.66. The SMILES string of the molecule is O=S(=O)(c1cc(Cl)sc1Cl)N1CCC(C2OCCO2)CC1. The molecule has 0 aliphatic carbocycles. The fraction of sp³-hybridized carbons (Fsp3) is 0.667. The molecule has 0 amide bonds. The predicted octanol–water partition coefficient (Wildman–Crippen LogP) is 2.83. The summed E-state index contributed by atoms with van der Waals surface area (Å²) in [5.41, 5.74) is 0. The van der Waals surface area contributed by atoms with Crippen LogP contribution >= 0.6 is 34.5 Å². The Morgan fingerprint density at radius 1 is 1.19 bits per heavy atom. The lowest BCUT2D eigenvalue weighted by Crippen LogP contribution is -2.41. The van der Waals surface area contributed by atoms with Crippen molar-refractivity contribution in [2.75, 3.05) is 26.3 Å². The lowest BCUT2D eigenvalue weighted by molar-refractivity contribution is -0.0938. The number of nitrogens with zero attached hydrogens (tertiary/aromatic N) is 1. The molecule has 0 atom stereocenters. The summed E-state index contributed by atoms with van der Waals surface area (Å²) >= 11 is 12.9. The van der Waals surface area contributed by atoms with Gasteiger partial charge in [-0.3, -0.25) is 0 Å². The summed E-state index contributed by atoms with van der Waals surface area (Å²) in [5.74, 6) is 0.250. The van der Waals surface area contributed by atoms with E-state index in [9.17, 15) is 8.42 Å². The van der Waals surface area contributed by atoms with Gasteiger partial charge in [-0.2, -0.15) is 4.31 Å². The van der Waals surface area contributed by atoms with Crippen LogP contribution < -0.4 is 0 Å². The lowest BCUT2D eigenvalue weighted by atomic mass is 9.98. The summed E-state index contributed by atoms with van der Waals surface area (Å²) < 4.78 is 38.2. The number of piperidine rings is 1. The predicted molar refractivity (Wildman–Crippen MR) is 81.5 cm³/mol. The van der Waals surface area contributed by atoms with Gasteiger partial charge in [0.25, 0.3) is 0 Å². The summed E-state index contributed by atoms with van der Waals surface area (Å²) in [4.78, 5) is 0.103. The van der Waals surface area contributed by atoms with Crippen LogP contribution in [0.15, 0.2) is 11.0 Å². The van der Waals surface area contributed by atoms with Gasteiger partial charge >= 0.3 is 0 Å². The Balaban J connectivity index is 1.69. The van der Waals surface area contributed by atoms with Crippen molar-refractivity contribution >= 4 is 44.6 Å². The molecule has 5 nitrogen and oxygen atoms in total. The maximum Gasteiger partial charge on any atom is 0.245 e. The molecule has 0 N–H and O–H groups in total. The van der Waals surface area contributed by atoms with Crippen molar-refractivity contribution in [2.24, 2.45) is 5.92 Å². The van der Waals surface area contributed by atoms with Crippen molar-refractivity contribution in [3.8, 4) is 0 Å². The van der Waals surface area contributed by atoms with Crippen LogP contribution in [0.4, 0.5) is 0 Å². The fourth-order valence-corrected chi connectivity index (χ4v) is 6.26. The summed E-state index contributed by atoms with van der Waals surface area (Å²) in [6.45, 7) is 2.12. The molecule has 21 heavy (non-hydrogen) atoms. The molecule has 9 heteroatoms. The number of sulfonamides is 1. The highest BCUT2D eigenvalue weighted by Gasteiger charge is 2.36. The number of thiophene rings is 1. The molecule has 0 saturated carbocycles. The molecule has 0 bridgehead atoms. The molecular formula is C12H15Cl2NO4S2. The van der Waals surface area contributed by atoms with Gasteiger partial charge in [0.15, 0.2) is 6.29 Å². The summed E-state index contributed by atoms with van der Waals surface area (Å²) in [7, 11) is -3.57. The molecule has 0 radical (unpaired) electrons. The van der Waals surface area contributed by atoms with E-state index in [4.69, 9.17) is 32.7 Å². The van der Waals surface area contributed by atoms with E-state index in [-0.39, 0.29) is 21.4 Å². The molecule has 2 aliphatic rings. The van der Waals surface area contributed by atoms with Gasteiger partial charge < -0.3 is 9.47 Å². The first-order valence-corrected chi connectivity index (χ1v) is 9.68. The molecule has 2 aliphatic heterocycles. The molecule has 0 aromatic carbocycles. The molecule has 0 spiro atoms. The molecule has 2 saturated heterocycles. The zero-order valence-electron chi connectivity index (χ0n) is 11.1. The Kier molecular flexibility index (Phi) is 4.80. The standard InChI is InChI=1S/C12H15Cl2NO4S2/c13-10-7-9(11(14)20-10)21(16,17)15-3-1-8(2-4-15)12-18-5-6-19-12/h7-8,12H,1-6H2. The Morgan fingerprint density at radius 2 is 1.81 bits per heavy atom. The summed E-state index contributed by atoms with van der Waals surface area (Å²) in [5, 5.41) is 0. The smallest absolute Gasteiger partial charge is 0.245 e. The first kappa shape index (κ1) is 16.0. The third-order valence-electron chi connectivity index (χ3n) is 3.77. The van der Waals surface area contributed by atoms with Gasteiger partial charge in [0.05, 0.1) is 17.6 Å². The minimum absolute atomic E-state index is 0.103. The highest BCUT2D eigenvalue weighted by molar-refractivity contribution is 7.89. The van der Waals surface area contributed by atoms with Crippen molar-refractivity contribution < 1.29 is 17.9 Å². The van der Waals surface area contributed by atoms with Crippen molar-refractivity contribution in [2.45, 2.75) is 24.0 Å². The Hall–Kier alpha value is 0.110. The van der Waals surface area contributed by atoms with Crippen LogP contribution in [0.25, 0.3) is 0 Å². The van der Waals surface area contributed by atoms with Gasteiger partial charge in [0.2, 0.25) is 10.0 Å². The second-order valence-electron chi connectivity index (χ2n) is 5.04. The molecular weight excluding hydrogens is 357 g/mol. The summed E-state index contributed by atoms with van der Waals surface area (Å²) in [6, 6.07) is 1.42. The molecule has 1 aromatic rings. The van der Waals surface area contributed by atoms with Gasteiger partial charge in [-0.25, -0.2) is 8.42 Å². The minimum atomic E-state index is -3.57. The van der Waals surface area contributed by atoms with E-state index in [1.807, 2.05) is 0 Å². The van der Waals surface area contributed by atoms with E-state index in [0.29, 0.717) is 30.6 Å². The Labute approximate surface area is 137 Å². The average Bonchev–Trinajstić information content (AvgIpc) is 3.09. The molecule has 0 unspecified atom stereocenters. The second kappa shape index (κ2) is 6.31. The van der Waals surface area contributed by atoms with Crippen LogP contribution in [0.5, 0.6) is 0 Å². The Morgan fingerprint density at radius 3 is 2.33 bits per heavy atom. The highest BCUT2D eigenvalue weighted by Crippen LogP contribution is 2.37. The van der Waals surface area contributed by atoms with Gasteiger partial charge in [0.1, 0.15) is 9.23 Å². The number of hydrogen-bond donors (Lipinski definition) is 0. The van der Waals surface area contributed by atoms with Crippen LogP contribution in [0, 0.1) is 5.92 Å². The normalized spacial score (nSPS) is 23.0. The Bertz CT molecular complexity index is 605. The molecule has 118 valence electrons. The van der Waals surface area contributed by atoms with E-state index in [1.165, 1.54) is 10.4 Å². The zero-order chi connectivity index (χ0) is 15.0.